The summed E-state index contributed by atoms with van der Waals surface area (Å²) in [7, 11) is 0. The second kappa shape index (κ2) is 7.07. The highest BCUT2D eigenvalue weighted by molar-refractivity contribution is 6.28. The first-order valence-corrected chi connectivity index (χ1v) is 8.22. The van der Waals surface area contributed by atoms with Gasteiger partial charge in [0.25, 0.3) is 0 Å². The third kappa shape index (κ3) is 3.57. The van der Waals surface area contributed by atoms with Crippen molar-refractivity contribution < 1.29 is 0 Å². The van der Waals surface area contributed by atoms with Crippen molar-refractivity contribution in [3.05, 3.63) is 41.7 Å². The fourth-order valence-electron chi connectivity index (χ4n) is 3.03. The van der Waals surface area contributed by atoms with Gasteiger partial charge in [-0.2, -0.15) is 0 Å². The number of aromatic nitrogens is 2. The van der Waals surface area contributed by atoms with E-state index in [2.05, 4.69) is 27.1 Å². The molecule has 2 heterocycles. The highest BCUT2D eigenvalue weighted by Gasteiger charge is 2.22. The molecular formula is C17H21ClN4. The van der Waals surface area contributed by atoms with Crippen LogP contribution >= 0.6 is 11.6 Å². The average Bonchev–Trinajstić information content (AvgIpc) is 3.01. The summed E-state index contributed by atoms with van der Waals surface area (Å²) in [6, 6.07) is 12.6. The number of likely N-dealkylation sites (tertiary alicyclic amines) is 1. The van der Waals surface area contributed by atoms with Crippen molar-refractivity contribution in [1.82, 2.24) is 14.9 Å². The molecule has 0 amide bonds. The van der Waals surface area contributed by atoms with Gasteiger partial charge in [-0.15, -0.1) is 0 Å². The van der Waals surface area contributed by atoms with E-state index in [1.165, 1.54) is 19.4 Å². The maximum Gasteiger partial charge on any atom is 0.224 e. The van der Waals surface area contributed by atoms with Crippen LogP contribution in [0.15, 0.2) is 36.4 Å². The van der Waals surface area contributed by atoms with Gasteiger partial charge in [-0.1, -0.05) is 37.3 Å². The largest absolute Gasteiger partial charge is 0.368 e. The van der Waals surface area contributed by atoms with Crippen LogP contribution in [-0.2, 0) is 0 Å². The number of hydrogen-bond donors (Lipinski definition) is 1. The highest BCUT2D eigenvalue weighted by Crippen LogP contribution is 2.22. The molecule has 1 aromatic heterocycles. The Bertz CT molecular complexity index is 617. The zero-order valence-electron chi connectivity index (χ0n) is 12.8. The van der Waals surface area contributed by atoms with Gasteiger partial charge in [0.2, 0.25) is 5.28 Å². The SMILES string of the molecule is CCN1CCCC1CNc1cc(-c2ccccc2)nc(Cl)n1. The summed E-state index contributed by atoms with van der Waals surface area (Å²) in [5.41, 5.74) is 1.90. The first-order valence-electron chi connectivity index (χ1n) is 7.84. The molecule has 1 aromatic carbocycles. The van der Waals surface area contributed by atoms with E-state index in [1.807, 2.05) is 36.4 Å². The Morgan fingerprint density at radius 3 is 2.86 bits per heavy atom. The van der Waals surface area contributed by atoms with Gasteiger partial charge in [0.05, 0.1) is 5.69 Å². The minimum atomic E-state index is 0.280. The fourth-order valence-corrected chi connectivity index (χ4v) is 3.21. The predicted molar refractivity (Wildman–Crippen MR) is 91.2 cm³/mol. The van der Waals surface area contributed by atoms with E-state index in [0.29, 0.717) is 6.04 Å². The quantitative estimate of drug-likeness (QED) is 0.854. The number of likely N-dealkylation sites (N-methyl/N-ethyl adjacent to an activating group) is 1. The first-order chi connectivity index (χ1) is 10.8. The number of benzene rings is 1. The zero-order chi connectivity index (χ0) is 15.4. The maximum atomic E-state index is 6.08. The number of rotatable bonds is 5. The van der Waals surface area contributed by atoms with Crippen LogP contribution in [0.25, 0.3) is 11.3 Å². The molecule has 1 fully saturated rings. The molecule has 116 valence electrons. The van der Waals surface area contributed by atoms with Gasteiger partial charge in [-0.25, -0.2) is 9.97 Å². The Labute approximate surface area is 136 Å². The minimum Gasteiger partial charge on any atom is -0.368 e. The van der Waals surface area contributed by atoms with E-state index in [9.17, 15) is 0 Å². The summed E-state index contributed by atoms with van der Waals surface area (Å²) >= 11 is 6.08. The Morgan fingerprint density at radius 1 is 1.27 bits per heavy atom. The summed E-state index contributed by atoms with van der Waals surface area (Å²) in [6.07, 6.45) is 2.52. The molecule has 1 unspecified atom stereocenters. The molecule has 1 atom stereocenters. The van der Waals surface area contributed by atoms with Crippen LogP contribution in [0.3, 0.4) is 0 Å². The summed E-state index contributed by atoms with van der Waals surface area (Å²) in [5.74, 6) is 0.793. The van der Waals surface area contributed by atoms with E-state index < -0.39 is 0 Å². The van der Waals surface area contributed by atoms with Crippen molar-refractivity contribution in [2.75, 3.05) is 25.0 Å². The molecule has 3 rings (SSSR count). The highest BCUT2D eigenvalue weighted by atomic mass is 35.5. The molecule has 2 aromatic rings. The lowest BCUT2D eigenvalue weighted by molar-refractivity contribution is 0.277. The normalized spacial score (nSPS) is 18.5. The third-order valence-electron chi connectivity index (χ3n) is 4.19. The van der Waals surface area contributed by atoms with Gasteiger partial charge in [-0.3, -0.25) is 4.90 Å². The van der Waals surface area contributed by atoms with Crippen LogP contribution in [-0.4, -0.2) is 40.5 Å². The van der Waals surface area contributed by atoms with Crippen LogP contribution in [0.4, 0.5) is 5.82 Å². The van der Waals surface area contributed by atoms with Crippen LogP contribution in [0.5, 0.6) is 0 Å². The molecule has 0 spiro atoms. The molecule has 0 saturated carbocycles. The monoisotopic (exact) mass is 316 g/mol. The lowest BCUT2D eigenvalue weighted by Crippen LogP contribution is -2.34. The molecule has 4 nitrogen and oxygen atoms in total. The maximum absolute atomic E-state index is 6.08. The van der Waals surface area contributed by atoms with Gasteiger partial charge in [0.15, 0.2) is 0 Å². The molecule has 0 aliphatic carbocycles. The Morgan fingerprint density at radius 2 is 2.09 bits per heavy atom. The molecule has 5 heteroatoms. The first kappa shape index (κ1) is 15.3. The van der Waals surface area contributed by atoms with Crippen molar-refractivity contribution in [3.63, 3.8) is 0 Å². The van der Waals surface area contributed by atoms with Crippen molar-refractivity contribution >= 4 is 17.4 Å². The second-order valence-corrected chi connectivity index (χ2v) is 5.92. The summed E-state index contributed by atoms with van der Waals surface area (Å²) in [4.78, 5) is 11.1. The molecular weight excluding hydrogens is 296 g/mol. The lowest BCUT2D eigenvalue weighted by Gasteiger charge is -2.23. The number of hydrogen-bond acceptors (Lipinski definition) is 4. The van der Waals surface area contributed by atoms with Gasteiger partial charge in [-0.05, 0) is 37.5 Å². The molecule has 1 aliphatic heterocycles. The van der Waals surface area contributed by atoms with Crippen LogP contribution in [0, 0.1) is 0 Å². The molecule has 0 radical (unpaired) electrons. The number of nitrogens with one attached hydrogen (secondary N) is 1. The predicted octanol–water partition coefficient (Wildman–Crippen LogP) is 3.69. The number of nitrogens with zero attached hydrogens (tertiary/aromatic N) is 3. The van der Waals surface area contributed by atoms with Gasteiger partial charge in [0, 0.05) is 24.2 Å². The van der Waals surface area contributed by atoms with Crippen LogP contribution in [0.1, 0.15) is 19.8 Å². The Hall–Kier alpha value is -1.65. The Balaban J connectivity index is 1.73. The van der Waals surface area contributed by atoms with E-state index >= 15 is 0 Å². The van der Waals surface area contributed by atoms with Gasteiger partial charge >= 0.3 is 0 Å². The topological polar surface area (TPSA) is 41.0 Å². The molecule has 22 heavy (non-hydrogen) atoms. The van der Waals surface area contributed by atoms with E-state index in [0.717, 1.165) is 30.2 Å². The average molecular weight is 317 g/mol. The third-order valence-corrected chi connectivity index (χ3v) is 4.36. The number of halogens is 1. The standard InChI is InChI=1S/C17H21ClN4/c1-2-22-10-6-9-14(22)12-19-16-11-15(20-17(18)21-16)13-7-4-3-5-8-13/h3-5,7-8,11,14H,2,6,9-10,12H2,1H3,(H,19,20,21). The molecule has 1 aliphatic rings. The van der Waals surface area contributed by atoms with Crippen LogP contribution < -0.4 is 5.32 Å². The molecule has 1 N–H and O–H groups in total. The molecule has 0 bridgehead atoms. The van der Waals surface area contributed by atoms with Crippen molar-refractivity contribution in [3.8, 4) is 11.3 Å². The van der Waals surface area contributed by atoms with E-state index in [1.54, 1.807) is 0 Å². The number of anilines is 1. The van der Waals surface area contributed by atoms with E-state index in [-0.39, 0.29) is 5.28 Å². The van der Waals surface area contributed by atoms with Crippen molar-refractivity contribution in [2.45, 2.75) is 25.8 Å². The van der Waals surface area contributed by atoms with Crippen molar-refractivity contribution in [1.29, 1.82) is 0 Å². The summed E-state index contributed by atoms with van der Waals surface area (Å²) < 4.78 is 0. The summed E-state index contributed by atoms with van der Waals surface area (Å²) in [5, 5.41) is 3.70. The summed E-state index contributed by atoms with van der Waals surface area (Å²) in [6.45, 7) is 5.41. The van der Waals surface area contributed by atoms with Crippen LogP contribution in [0.2, 0.25) is 5.28 Å². The van der Waals surface area contributed by atoms with Gasteiger partial charge < -0.3 is 5.32 Å². The lowest BCUT2D eigenvalue weighted by atomic mass is 10.1. The van der Waals surface area contributed by atoms with Gasteiger partial charge in [0.1, 0.15) is 5.82 Å². The smallest absolute Gasteiger partial charge is 0.224 e. The van der Waals surface area contributed by atoms with Crippen molar-refractivity contribution in [2.24, 2.45) is 0 Å². The second-order valence-electron chi connectivity index (χ2n) is 5.58. The minimum absolute atomic E-state index is 0.280. The fraction of sp³-hybridized carbons (Fsp3) is 0.412. The van der Waals surface area contributed by atoms with E-state index in [4.69, 9.17) is 11.6 Å². The Kier molecular flexibility index (Phi) is 4.90. The zero-order valence-corrected chi connectivity index (χ0v) is 13.6. The molecule has 1 saturated heterocycles.